The summed E-state index contributed by atoms with van der Waals surface area (Å²) in [6, 6.07) is 1.04. The highest BCUT2D eigenvalue weighted by atomic mass is 32.1. The Balaban J connectivity index is 1.45. The average Bonchev–Trinajstić information content (AvgIpc) is 3.65. The molecule has 1 saturated heterocycles. The normalized spacial score (nSPS) is 18.9. The van der Waals surface area contributed by atoms with Crippen LogP contribution in [0.5, 0.6) is 6.01 Å². The molecular formula is C26H19F5N6O4S. The number of alkyl halides is 3. The van der Waals surface area contributed by atoms with E-state index in [4.69, 9.17) is 9.47 Å². The van der Waals surface area contributed by atoms with E-state index in [9.17, 15) is 32.7 Å². The van der Waals surface area contributed by atoms with Crippen molar-refractivity contribution in [1.29, 1.82) is 5.26 Å². The number of pyridine rings is 1. The number of thiophene rings is 1. The maximum Gasteiger partial charge on any atom is 0.409 e. The van der Waals surface area contributed by atoms with Crippen molar-refractivity contribution in [3.8, 4) is 23.3 Å². The lowest BCUT2D eigenvalue weighted by Gasteiger charge is -2.19. The van der Waals surface area contributed by atoms with Gasteiger partial charge in [-0.2, -0.15) is 23.4 Å². The number of likely N-dealkylation sites (N-methyl/N-ethyl adjacent to an activating group) is 1. The quantitative estimate of drug-likeness (QED) is 0.285. The topological polar surface area (TPSA) is 133 Å². The molecule has 218 valence electrons. The fourth-order valence-electron chi connectivity index (χ4n) is 5.45. The van der Waals surface area contributed by atoms with Crippen LogP contribution in [-0.2, 0) is 18.0 Å². The lowest BCUT2D eigenvalue weighted by Crippen LogP contribution is -2.31. The van der Waals surface area contributed by atoms with Crippen LogP contribution in [0.3, 0.4) is 0 Å². The molecule has 42 heavy (non-hydrogen) atoms. The molecule has 2 aliphatic heterocycles. The number of aromatic nitrogens is 3. The molecule has 0 spiro atoms. The smallest absolute Gasteiger partial charge is 0.409 e. The number of carboxylic acid groups (broad SMARTS) is 1. The molecule has 0 saturated carbocycles. The summed E-state index contributed by atoms with van der Waals surface area (Å²) in [7, 11) is 1.56. The van der Waals surface area contributed by atoms with Crippen LogP contribution in [0.4, 0.5) is 31.7 Å². The lowest BCUT2D eigenvalue weighted by molar-refractivity contribution is -0.170. The second-order valence-corrected chi connectivity index (χ2v) is 11.0. The van der Waals surface area contributed by atoms with Gasteiger partial charge in [-0.25, -0.2) is 18.6 Å². The first-order valence-electron chi connectivity index (χ1n) is 12.5. The third kappa shape index (κ3) is 4.63. The van der Waals surface area contributed by atoms with Crippen LogP contribution in [0.1, 0.15) is 23.1 Å². The van der Waals surface area contributed by atoms with Gasteiger partial charge in [-0.15, -0.1) is 11.3 Å². The van der Waals surface area contributed by atoms with E-state index in [1.807, 2.05) is 6.07 Å². The van der Waals surface area contributed by atoms with Gasteiger partial charge in [0.2, 0.25) is 0 Å². The predicted octanol–water partition coefficient (Wildman–Crippen LogP) is 5.44. The predicted molar refractivity (Wildman–Crippen MR) is 139 cm³/mol. The van der Waals surface area contributed by atoms with Crippen LogP contribution in [-0.4, -0.2) is 63.5 Å². The molecule has 0 radical (unpaired) electrons. The Kier molecular flexibility index (Phi) is 6.83. The van der Waals surface area contributed by atoms with Crippen molar-refractivity contribution in [3.05, 3.63) is 40.7 Å². The van der Waals surface area contributed by atoms with Gasteiger partial charge in [0.15, 0.2) is 11.6 Å². The molecule has 10 nitrogen and oxygen atoms in total. The standard InChI is InChI=1S/C26H19F5N6O4S/c1-37-6-10(26(29,30)31)2-11(37)7-41-24-34-4-13-14-8-40-9-15(14)17(19(28)20(13)35-24)21-18-12(3-32)23(36-25(38)39)42-22(18)16(27)5-33-21/h4-5,10-11,36H,2,6-9H2,1H3,(H,38,39)/t10-,11+/m1/s1. The molecule has 2 aliphatic rings. The number of nitriles is 1. The van der Waals surface area contributed by atoms with Crippen molar-refractivity contribution in [2.45, 2.75) is 31.9 Å². The number of ether oxygens (including phenoxy) is 2. The summed E-state index contributed by atoms with van der Waals surface area (Å²) < 4.78 is 81.8. The molecule has 0 unspecified atom stereocenters. The third-order valence-corrected chi connectivity index (χ3v) is 8.59. The second-order valence-electron chi connectivity index (χ2n) is 9.94. The lowest BCUT2D eigenvalue weighted by atomic mass is 9.94. The average molecular weight is 607 g/mol. The zero-order chi connectivity index (χ0) is 29.9. The van der Waals surface area contributed by atoms with Crippen LogP contribution >= 0.6 is 11.3 Å². The Morgan fingerprint density at radius 2 is 2.05 bits per heavy atom. The number of nitrogens with zero attached hydrogens (tertiary/aromatic N) is 5. The number of amides is 1. The minimum Gasteiger partial charge on any atom is -0.465 e. The molecule has 2 N–H and O–H groups in total. The summed E-state index contributed by atoms with van der Waals surface area (Å²) in [6.07, 6.45) is -3.78. The van der Waals surface area contributed by atoms with Crippen molar-refractivity contribution >= 4 is 43.4 Å². The Morgan fingerprint density at radius 3 is 2.74 bits per heavy atom. The molecule has 1 amide bonds. The fraction of sp³-hybridized carbons (Fsp3) is 0.346. The van der Waals surface area contributed by atoms with Crippen molar-refractivity contribution in [3.63, 3.8) is 0 Å². The SMILES string of the molecule is CN1C[C@H](C(F)(F)F)C[C@H]1COc1ncc2c3c(c(-c4ncc(F)c5sc(NC(=O)O)c(C#N)c45)c(F)c2n1)COC3. The Morgan fingerprint density at radius 1 is 1.29 bits per heavy atom. The number of anilines is 1. The van der Waals surface area contributed by atoms with E-state index in [2.05, 4.69) is 20.3 Å². The van der Waals surface area contributed by atoms with Crippen LogP contribution < -0.4 is 10.1 Å². The number of hydrogen-bond acceptors (Lipinski definition) is 9. The Bertz CT molecular complexity index is 1810. The number of nitrogens with one attached hydrogen (secondary N) is 1. The zero-order valence-electron chi connectivity index (χ0n) is 21.6. The van der Waals surface area contributed by atoms with Gasteiger partial charge in [0.25, 0.3) is 0 Å². The van der Waals surface area contributed by atoms with E-state index in [-0.39, 0.29) is 76.2 Å². The first kappa shape index (κ1) is 27.9. The molecule has 2 atom stereocenters. The molecule has 6 rings (SSSR count). The molecule has 0 aliphatic carbocycles. The van der Waals surface area contributed by atoms with Crippen molar-refractivity contribution in [2.24, 2.45) is 5.92 Å². The number of halogens is 5. The van der Waals surface area contributed by atoms with Gasteiger partial charge in [0.1, 0.15) is 23.2 Å². The minimum absolute atomic E-state index is 0.0308. The molecule has 3 aromatic heterocycles. The van der Waals surface area contributed by atoms with Crippen LogP contribution in [0.25, 0.3) is 32.2 Å². The first-order valence-corrected chi connectivity index (χ1v) is 13.3. The van der Waals surface area contributed by atoms with Crippen LogP contribution in [0.15, 0.2) is 12.4 Å². The van der Waals surface area contributed by atoms with E-state index in [1.54, 1.807) is 7.05 Å². The van der Waals surface area contributed by atoms with Crippen LogP contribution in [0, 0.1) is 28.9 Å². The highest BCUT2D eigenvalue weighted by Gasteiger charge is 2.46. The van der Waals surface area contributed by atoms with Gasteiger partial charge in [0.05, 0.1) is 41.3 Å². The number of carbonyl (C=O) groups is 1. The molecular weight excluding hydrogens is 587 g/mol. The Labute approximate surface area is 237 Å². The molecule has 5 heterocycles. The van der Waals surface area contributed by atoms with Crippen molar-refractivity contribution < 1.29 is 41.3 Å². The van der Waals surface area contributed by atoms with Crippen molar-refractivity contribution in [1.82, 2.24) is 19.9 Å². The van der Waals surface area contributed by atoms with Gasteiger partial charge in [-0.05, 0) is 24.6 Å². The number of likely N-dealkylation sites (tertiary alicyclic amines) is 1. The summed E-state index contributed by atoms with van der Waals surface area (Å²) in [4.78, 5) is 25.3. The second kappa shape index (κ2) is 10.3. The maximum absolute atomic E-state index is 16.4. The summed E-state index contributed by atoms with van der Waals surface area (Å²) in [5.41, 5.74) is 0.287. The maximum atomic E-state index is 16.4. The van der Waals surface area contributed by atoms with Gasteiger partial charge in [-0.3, -0.25) is 15.2 Å². The molecule has 0 bridgehead atoms. The largest absolute Gasteiger partial charge is 0.465 e. The monoisotopic (exact) mass is 606 g/mol. The molecule has 4 aromatic rings. The molecule has 1 fully saturated rings. The van der Waals surface area contributed by atoms with Gasteiger partial charge in [0, 0.05) is 35.1 Å². The van der Waals surface area contributed by atoms with E-state index < -0.39 is 35.9 Å². The highest BCUT2D eigenvalue weighted by molar-refractivity contribution is 7.23. The minimum atomic E-state index is -4.33. The molecule has 16 heteroatoms. The number of fused-ring (bicyclic) bond motifs is 4. The number of rotatable bonds is 5. The summed E-state index contributed by atoms with van der Waals surface area (Å²) in [5, 5.41) is 21.2. The fourth-order valence-corrected chi connectivity index (χ4v) is 6.49. The number of hydrogen-bond donors (Lipinski definition) is 2. The van der Waals surface area contributed by atoms with E-state index in [0.29, 0.717) is 27.8 Å². The summed E-state index contributed by atoms with van der Waals surface area (Å²) in [5.74, 6) is -3.21. The first-order chi connectivity index (χ1) is 20.0. The summed E-state index contributed by atoms with van der Waals surface area (Å²) >= 11 is 0.675. The van der Waals surface area contributed by atoms with Gasteiger partial charge >= 0.3 is 18.3 Å². The van der Waals surface area contributed by atoms with Crippen molar-refractivity contribution in [2.75, 3.05) is 25.5 Å². The van der Waals surface area contributed by atoms with E-state index in [0.717, 1.165) is 6.20 Å². The summed E-state index contributed by atoms with van der Waals surface area (Å²) in [6.45, 7) is -0.288. The van der Waals surface area contributed by atoms with Gasteiger partial charge in [-0.1, -0.05) is 0 Å². The zero-order valence-corrected chi connectivity index (χ0v) is 22.4. The van der Waals surface area contributed by atoms with E-state index >= 15 is 4.39 Å². The Hall–Kier alpha value is -4.20. The van der Waals surface area contributed by atoms with Crippen LogP contribution in [0.2, 0.25) is 0 Å². The highest BCUT2D eigenvalue weighted by Crippen LogP contribution is 2.46. The van der Waals surface area contributed by atoms with Gasteiger partial charge < -0.3 is 14.6 Å². The number of benzene rings is 1. The van der Waals surface area contributed by atoms with E-state index in [1.165, 1.54) is 11.1 Å². The molecule has 1 aromatic carbocycles. The third-order valence-electron chi connectivity index (χ3n) is 7.47.